The van der Waals surface area contributed by atoms with Crippen LogP contribution in [-0.4, -0.2) is 22.5 Å². The number of ether oxygens (including phenoxy) is 1. The van der Waals surface area contributed by atoms with Crippen LogP contribution in [0.15, 0.2) is 66.9 Å². The molecule has 4 rings (SSSR count). The third kappa shape index (κ3) is 4.61. The van der Waals surface area contributed by atoms with Crippen molar-refractivity contribution in [1.82, 2.24) is 9.97 Å². The molecule has 0 fully saturated rings. The van der Waals surface area contributed by atoms with E-state index in [1.54, 1.807) is 17.2 Å². The molecule has 0 radical (unpaired) electrons. The molecule has 2 aromatic heterocycles. The van der Waals surface area contributed by atoms with Crippen molar-refractivity contribution in [3.63, 3.8) is 0 Å². The molecule has 0 N–H and O–H groups in total. The van der Waals surface area contributed by atoms with Crippen LogP contribution in [0.1, 0.15) is 18.2 Å². The molecule has 0 saturated carbocycles. The highest BCUT2D eigenvalue weighted by Crippen LogP contribution is 2.33. The van der Waals surface area contributed by atoms with Crippen molar-refractivity contribution in [2.24, 2.45) is 0 Å². The zero-order valence-electron chi connectivity index (χ0n) is 16.4. The highest BCUT2D eigenvalue weighted by atomic mass is 35.5. The predicted molar refractivity (Wildman–Crippen MR) is 121 cm³/mol. The molecule has 0 aliphatic heterocycles. The van der Waals surface area contributed by atoms with Gasteiger partial charge >= 0.3 is 0 Å². The fourth-order valence-electron chi connectivity index (χ4n) is 3.08. The van der Waals surface area contributed by atoms with Gasteiger partial charge in [-0.1, -0.05) is 47.2 Å². The van der Waals surface area contributed by atoms with Gasteiger partial charge in [0, 0.05) is 11.2 Å². The molecule has 0 aliphatic rings. The van der Waals surface area contributed by atoms with Gasteiger partial charge in [-0.25, -0.2) is 4.98 Å². The minimum absolute atomic E-state index is 0.0853. The minimum Gasteiger partial charge on any atom is -0.494 e. The van der Waals surface area contributed by atoms with Crippen molar-refractivity contribution in [2.75, 3.05) is 11.5 Å². The number of rotatable bonds is 7. The first kappa shape index (κ1) is 20.3. The van der Waals surface area contributed by atoms with Crippen LogP contribution < -0.4 is 9.64 Å². The largest absolute Gasteiger partial charge is 0.494 e. The minimum atomic E-state index is -0.0853. The molecule has 5 nitrogen and oxygen atoms in total. The Morgan fingerprint density at radius 3 is 2.73 bits per heavy atom. The summed E-state index contributed by atoms with van der Waals surface area (Å²) in [6.07, 6.45) is 1.91. The number of aromatic nitrogens is 2. The summed E-state index contributed by atoms with van der Waals surface area (Å²) in [5.41, 5.74) is 2.41. The average molecular weight is 438 g/mol. The quantitative estimate of drug-likeness (QED) is 0.382. The molecule has 2 aromatic carbocycles. The number of pyridine rings is 1. The summed E-state index contributed by atoms with van der Waals surface area (Å²) in [7, 11) is 0. The van der Waals surface area contributed by atoms with Crippen LogP contribution in [0.4, 0.5) is 5.13 Å². The number of halogens is 1. The molecule has 1 amide bonds. The molecule has 4 aromatic rings. The fraction of sp³-hybridized carbons (Fsp3) is 0.174. The Morgan fingerprint density at radius 2 is 1.97 bits per heavy atom. The van der Waals surface area contributed by atoms with Crippen molar-refractivity contribution >= 4 is 44.2 Å². The normalized spacial score (nSPS) is 10.9. The van der Waals surface area contributed by atoms with Gasteiger partial charge in [0.2, 0.25) is 5.91 Å². The molecular weight excluding hydrogens is 418 g/mol. The first-order valence-electron chi connectivity index (χ1n) is 9.61. The van der Waals surface area contributed by atoms with Gasteiger partial charge in [0.25, 0.3) is 0 Å². The maximum atomic E-state index is 13.3. The van der Waals surface area contributed by atoms with Gasteiger partial charge in [-0.15, -0.1) is 0 Å². The number of anilines is 1. The van der Waals surface area contributed by atoms with Crippen LogP contribution in [-0.2, 0) is 17.8 Å². The van der Waals surface area contributed by atoms with E-state index in [4.69, 9.17) is 21.3 Å². The first-order valence-corrected chi connectivity index (χ1v) is 10.8. The number of nitrogens with zero attached hydrogens (tertiary/aromatic N) is 3. The van der Waals surface area contributed by atoms with Crippen LogP contribution in [0.25, 0.3) is 10.2 Å². The van der Waals surface area contributed by atoms with Gasteiger partial charge in [0.1, 0.15) is 5.75 Å². The molecule has 30 heavy (non-hydrogen) atoms. The van der Waals surface area contributed by atoms with Gasteiger partial charge in [0.05, 0.1) is 35.5 Å². The van der Waals surface area contributed by atoms with Crippen molar-refractivity contribution in [3.8, 4) is 5.75 Å². The lowest BCUT2D eigenvalue weighted by atomic mass is 10.1. The third-order valence-corrected chi connectivity index (χ3v) is 5.95. The summed E-state index contributed by atoms with van der Waals surface area (Å²) in [4.78, 5) is 24.1. The van der Waals surface area contributed by atoms with Gasteiger partial charge in [-0.2, -0.15) is 0 Å². The number of carbonyl (C=O) groups excluding carboxylic acids is 1. The summed E-state index contributed by atoms with van der Waals surface area (Å²) in [6, 6.07) is 18.8. The van der Waals surface area contributed by atoms with E-state index in [-0.39, 0.29) is 12.3 Å². The monoisotopic (exact) mass is 437 g/mol. The van der Waals surface area contributed by atoms with Crippen LogP contribution in [0.3, 0.4) is 0 Å². The Hall–Kier alpha value is -2.96. The number of thiazole rings is 1. The fourth-order valence-corrected chi connectivity index (χ4v) is 4.29. The molecule has 0 atom stereocenters. The molecule has 2 heterocycles. The standard InChI is InChI=1S/C23H20ClN3O2S/c1-2-29-18-10-11-20-21(14-18)30-23(26-20)27(15-17-8-5-6-12-25-17)22(28)13-16-7-3-4-9-19(16)24/h3-12,14H,2,13,15H2,1H3. The van der Waals surface area contributed by atoms with Crippen LogP contribution >= 0.6 is 22.9 Å². The summed E-state index contributed by atoms with van der Waals surface area (Å²) in [5, 5.41) is 1.20. The SMILES string of the molecule is CCOc1ccc2nc(N(Cc3ccccn3)C(=O)Cc3ccccc3Cl)sc2c1. The third-order valence-electron chi connectivity index (χ3n) is 4.54. The van der Waals surface area contributed by atoms with Gasteiger partial charge < -0.3 is 4.74 Å². The second-order valence-electron chi connectivity index (χ2n) is 6.63. The van der Waals surface area contributed by atoms with E-state index >= 15 is 0 Å². The highest BCUT2D eigenvalue weighted by Gasteiger charge is 2.22. The van der Waals surface area contributed by atoms with Crippen LogP contribution in [0.5, 0.6) is 5.75 Å². The molecule has 0 bridgehead atoms. The first-order chi connectivity index (χ1) is 14.6. The average Bonchev–Trinajstić information content (AvgIpc) is 3.17. The maximum Gasteiger partial charge on any atom is 0.233 e. The van der Waals surface area contributed by atoms with E-state index in [0.717, 1.165) is 27.2 Å². The van der Waals surface area contributed by atoms with E-state index in [9.17, 15) is 4.79 Å². The van der Waals surface area contributed by atoms with E-state index in [1.807, 2.05) is 61.5 Å². The second kappa shape index (κ2) is 9.24. The van der Waals surface area contributed by atoms with Crippen molar-refractivity contribution in [3.05, 3.63) is 83.1 Å². The van der Waals surface area contributed by atoms with Crippen molar-refractivity contribution < 1.29 is 9.53 Å². The summed E-state index contributed by atoms with van der Waals surface area (Å²) >= 11 is 7.74. The van der Waals surface area contributed by atoms with Crippen molar-refractivity contribution in [1.29, 1.82) is 0 Å². The summed E-state index contributed by atoms with van der Waals surface area (Å²) in [6.45, 7) is 2.88. The number of carbonyl (C=O) groups is 1. The van der Waals surface area contributed by atoms with Crippen LogP contribution in [0.2, 0.25) is 5.02 Å². The Bertz CT molecular complexity index is 1160. The van der Waals surface area contributed by atoms with Gasteiger partial charge in [-0.3, -0.25) is 14.7 Å². The maximum absolute atomic E-state index is 13.3. The molecule has 0 aliphatic carbocycles. The van der Waals surface area contributed by atoms with Gasteiger partial charge in [0.15, 0.2) is 5.13 Å². The Labute approximate surface area is 183 Å². The number of hydrogen-bond acceptors (Lipinski definition) is 5. The van der Waals surface area contributed by atoms with Gasteiger partial charge in [-0.05, 0) is 48.9 Å². The zero-order valence-corrected chi connectivity index (χ0v) is 18.0. The predicted octanol–water partition coefficient (Wildman–Crippen LogP) is 5.52. The number of fused-ring (bicyclic) bond motifs is 1. The molecule has 152 valence electrons. The zero-order chi connectivity index (χ0) is 20.9. The smallest absolute Gasteiger partial charge is 0.233 e. The van der Waals surface area contributed by atoms with E-state index < -0.39 is 0 Å². The number of hydrogen-bond donors (Lipinski definition) is 0. The summed E-state index contributed by atoms with van der Waals surface area (Å²) in [5.74, 6) is 0.705. The topological polar surface area (TPSA) is 55.3 Å². The van der Waals surface area contributed by atoms with E-state index in [0.29, 0.717) is 23.3 Å². The molecule has 0 spiro atoms. The number of amides is 1. The molecule has 0 unspecified atom stereocenters. The molecular formula is C23H20ClN3O2S. The lowest BCUT2D eigenvalue weighted by Gasteiger charge is -2.20. The lowest BCUT2D eigenvalue weighted by Crippen LogP contribution is -2.32. The Balaban J connectivity index is 1.68. The van der Waals surface area contributed by atoms with Crippen molar-refractivity contribution in [2.45, 2.75) is 19.9 Å². The summed E-state index contributed by atoms with van der Waals surface area (Å²) < 4.78 is 6.56. The Kier molecular flexibility index (Phi) is 6.26. The van der Waals surface area contributed by atoms with Crippen LogP contribution in [0, 0.1) is 0 Å². The molecule has 0 saturated heterocycles. The number of benzene rings is 2. The van der Waals surface area contributed by atoms with E-state index in [2.05, 4.69) is 4.98 Å². The van der Waals surface area contributed by atoms with E-state index in [1.165, 1.54) is 11.3 Å². The highest BCUT2D eigenvalue weighted by molar-refractivity contribution is 7.22. The lowest BCUT2D eigenvalue weighted by molar-refractivity contribution is -0.118. The Morgan fingerprint density at radius 1 is 1.13 bits per heavy atom. The second-order valence-corrected chi connectivity index (χ2v) is 8.04. The molecule has 7 heteroatoms.